The second-order valence-corrected chi connectivity index (χ2v) is 1.37. The van der Waals surface area contributed by atoms with Gasteiger partial charge in [-0.15, -0.1) is 0 Å². The minimum atomic E-state index is 0. The Morgan fingerprint density at radius 3 is 2.86 bits per heavy atom. The molecule has 0 radical (unpaired) electrons. The van der Waals surface area contributed by atoms with Crippen LogP contribution in [0.2, 0.25) is 0 Å². The summed E-state index contributed by atoms with van der Waals surface area (Å²) in [5, 5.41) is 7.36. The summed E-state index contributed by atoms with van der Waals surface area (Å²) in [6.07, 6.45) is 1.66. The summed E-state index contributed by atoms with van der Waals surface area (Å²) in [7, 11) is 0. The summed E-state index contributed by atoms with van der Waals surface area (Å²) in [6, 6.07) is 3.77. The molecule has 1 heterocycles. The number of hydrogen-bond acceptors (Lipinski definition) is 2. The lowest BCUT2D eigenvalue weighted by atomic mass is 10.4. The van der Waals surface area contributed by atoms with Crippen molar-refractivity contribution in [3.8, 4) is 0 Å². The molecule has 0 aliphatic carbocycles. The van der Waals surface area contributed by atoms with Crippen LogP contribution in [0.4, 0.5) is 0 Å². The molecule has 0 saturated carbocycles. The SMILES string of the molecule is Cc1cccnn1.[H+]. The van der Waals surface area contributed by atoms with Gasteiger partial charge in [-0.3, -0.25) is 0 Å². The van der Waals surface area contributed by atoms with E-state index in [4.69, 9.17) is 0 Å². The van der Waals surface area contributed by atoms with Crippen molar-refractivity contribution in [3.05, 3.63) is 24.0 Å². The Labute approximate surface area is 43.7 Å². The molecule has 0 unspecified atom stereocenters. The highest BCUT2D eigenvalue weighted by molar-refractivity contribution is 4.94. The van der Waals surface area contributed by atoms with Crippen molar-refractivity contribution >= 4 is 0 Å². The highest BCUT2D eigenvalue weighted by atomic mass is 15.1. The first-order valence-electron chi connectivity index (χ1n) is 2.14. The molecule has 0 saturated heterocycles. The van der Waals surface area contributed by atoms with Gasteiger partial charge in [0.2, 0.25) is 0 Å². The lowest BCUT2D eigenvalue weighted by Crippen LogP contribution is -1.79. The molecule has 0 atom stereocenters. The molecule has 2 nitrogen and oxygen atoms in total. The van der Waals surface area contributed by atoms with E-state index in [1.54, 1.807) is 6.20 Å². The number of nitrogens with zero attached hydrogens (tertiary/aromatic N) is 2. The van der Waals surface area contributed by atoms with Gasteiger partial charge in [-0.05, 0) is 19.1 Å². The van der Waals surface area contributed by atoms with Crippen LogP contribution in [-0.2, 0) is 0 Å². The highest BCUT2D eigenvalue weighted by Crippen LogP contribution is 1.82. The third kappa shape index (κ3) is 0.961. The standard InChI is InChI=1S/C5H6N2/c1-5-3-2-4-6-7-5/h2-4H,1H3/p+1. The first-order valence-corrected chi connectivity index (χ1v) is 2.14. The zero-order valence-corrected chi connectivity index (χ0v) is 4.13. The maximum Gasteiger partial charge on any atom is 1.00 e. The van der Waals surface area contributed by atoms with Crippen molar-refractivity contribution in [2.75, 3.05) is 0 Å². The fourth-order valence-electron chi connectivity index (χ4n) is 0.379. The summed E-state index contributed by atoms with van der Waals surface area (Å²) in [4.78, 5) is 0. The quantitative estimate of drug-likeness (QED) is 0.478. The van der Waals surface area contributed by atoms with Gasteiger partial charge >= 0.3 is 1.43 Å². The molecular weight excluding hydrogens is 88.1 g/mol. The average molecular weight is 95.1 g/mol. The van der Waals surface area contributed by atoms with Crippen molar-refractivity contribution in [1.82, 2.24) is 10.2 Å². The number of hydrogen-bond donors (Lipinski definition) is 0. The van der Waals surface area contributed by atoms with E-state index in [1.807, 2.05) is 19.1 Å². The van der Waals surface area contributed by atoms with E-state index >= 15 is 0 Å². The van der Waals surface area contributed by atoms with Crippen molar-refractivity contribution in [2.45, 2.75) is 6.92 Å². The van der Waals surface area contributed by atoms with Gasteiger partial charge < -0.3 is 0 Å². The van der Waals surface area contributed by atoms with Gasteiger partial charge in [-0.2, -0.15) is 10.2 Å². The van der Waals surface area contributed by atoms with Crippen molar-refractivity contribution in [3.63, 3.8) is 0 Å². The van der Waals surface area contributed by atoms with Crippen LogP contribution < -0.4 is 0 Å². The molecule has 0 amide bonds. The van der Waals surface area contributed by atoms with Crippen molar-refractivity contribution in [2.24, 2.45) is 0 Å². The summed E-state index contributed by atoms with van der Waals surface area (Å²) in [5.41, 5.74) is 0.961. The summed E-state index contributed by atoms with van der Waals surface area (Å²) in [5.74, 6) is 0. The molecule has 0 N–H and O–H groups in total. The fourth-order valence-corrected chi connectivity index (χ4v) is 0.379. The molecule has 1 aromatic rings. The van der Waals surface area contributed by atoms with Gasteiger partial charge in [0.15, 0.2) is 0 Å². The Balaban J connectivity index is 0.000000490. The molecule has 0 fully saturated rings. The maximum atomic E-state index is 3.73. The van der Waals surface area contributed by atoms with Gasteiger partial charge in [-0.1, -0.05) is 0 Å². The molecule has 7 heavy (non-hydrogen) atoms. The lowest BCUT2D eigenvalue weighted by Gasteiger charge is -1.80. The maximum absolute atomic E-state index is 3.73. The Morgan fingerprint density at radius 1 is 1.71 bits per heavy atom. The summed E-state index contributed by atoms with van der Waals surface area (Å²) >= 11 is 0. The molecular formula is C5H7N2+. The smallest absolute Gasteiger partial charge is 0.159 e. The topological polar surface area (TPSA) is 25.8 Å². The van der Waals surface area contributed by atoms with Crippen LogP contribution in [0.3, 0.4) is 0 Å². The Bertz CT molecular complexity index is 140. The molecule has 0 bridgehead atoms. The van der Waals surface area contributed by atoms with Crippen molar-refractivity contribution in [1.29, 1.82) is 0 Å². The molecule has 2 heteroatoms. The van der Waals surface area contributed by atoms with Crippen LogP contribution in [0.15, 0.2) is 18.3 Å². The third-order valence-corrected chi connectivity index (χ3v) is 0.706. The van der Waals surface area contributed by atoms with Crippen LogP contribution in [0.25, 0.3) is 0 Å². The van der Waals surface area contributed by atoms with Crippen LogP contribution in [0.1, 0.15) is 7.12 Å². The minimum Gasteiger partial charge on any atom is -0.159 e. The third-order valence-electron chi connectivity index (χ3n) is 0.706. The normalized spacial score (nSPS) is 8.71. The van der Waals surface area contributed by atoms with E-state index in [0.717, 1.165) is 5.69 Å². The molecule has 0 aromatic carbocycles. The minimum absolute atomic E-state index is 0. The fraction of sp³-hybridized carbons (Fsp3) is 0.200. The largest absolute Gasteiger partial charge is 1.00 e. The number of aromatic nitrogens is 2. The predicted octanol–water partition coefficient (Wildman–Crippen LogP) is 0.898. The van der Waals surface area contributed by atoms with Crippen LogP contribution in [0, 0.1) is 6.92 Å². The Morgan fingerprint density at radius 2 is 2.57 bits per heavy atom. The molecule has 36 valence electrons. The van der Waals surface area contributed by atoms with Crippen LogP contribution in [0.5, 0.6) is 0 Å². The van der Waals surface area contributed by atoms with E-state index in [2.05, 4.69) is 10.2 Å². The van der Waals surface area contributed by atoms with Gasteiger partial charge in [0.05, 0.1) is 5.69 Å². The zero-order valence-electron chi connectivity index (χ0n) is 5.13. The number of aryl methyl sites for hydroxylation is 1. The van der Waals surface area contributed by atoms with Gasteiger partial charge in [0.25, 0.3) is 0 Å². The molecule has 1 aromatic heterocycles. The monoisotopic (exact) mass is 95.1 g/mol. The average Bonchev–Trinajstić information content (AvgIpc) is 1.69. The first-order chi connectivity index (χ1) is 3.39. The van der Waals surface area contributed by atoms with Crippen LogP contribution >= 0.6 is 0 Å². The second kappa shape index (κ2) is 1.69. The van der Waals surface area contributed by atoms with Crippen LogP contribution in [-0.4, -0.2) is 10.2 Å². The number of rotatable bonds is 0. The highest BCUT2D eigenvalue weighted by Gasteiger charge is 1.74. The summed E-state index contributed by atoms with van der Waals surface area (Å²) < 4.78 is 0. The second-order valence-electron chi connectivity index (χ2n) is 1.37. The van der Waals surface area contributed by atoms with E-state index in [9.17, 15) is 0 Å². The molecule has 1 rings (SSSR count). The molecule has 0 aliphatic rings. The lowest BCUT2D eigenvalue weighted by molar-refractivity contribution is 0.980. The van der Waals surface area contributed by atoms with Gasteiger partial charge in [0, 0.05) is 6.20 Å². The van der Waals surface area contributed by atoms with E-state index in [-0.39, 0.29) is 1.43 Å². The van der Waals surface area contributed by atoms with E-state index < -0.39 is 0 Å². The summed E-state index contributed by atoms with van der Waals surface area (Å²) in [6.45, 7) is 1.91. The van der Waals surface area contributed by atoms with E-state index in [1.165, 1.54) is 0 Å². The Kier molecular flexibility index (Phi) is 1.02. The van der Waals surface area contributed by atoms with Crippen molar-refractivity contribution < 1.29 is 1.43 Å². The first kappa shape index (κ1) is 4.24. The molecule has 0 spiro atoms. The van der Waals surface area contributed by atoms with Gasteiger partial charge in [-0.25, -0.2) is 0 Å². The van der Waals surface area contributed by atoms with Gasteiger partial charge in [0.1, 0.15) is 0 Å². The Hall–Kier alpha value is -0.920. The zero-order chi connectivity index (χ0) is 5.11. The predicted molar refractivity (Wildman–Crippen MR) is 27.9 cm³/mol. The van der Waals surface area contributed by atoms with E-state index in [0.29, 0.717) is 0 Å². The molecule has 0 aliphatic heterocycles.